The zero-order chi connectivity index (χ0) is 96.2. The highest BCUT2D eigenvalue weighted by Gasteiger charge is 2.64. The molecule has 15 rings (SSSR count). The highest BCUT2D eigenvalue weighted by Crippen LogP contribution is 2.44. The maximum atomic E-state index is 13.5. The molecule has 700 valence electrons. The smallest absolute Gasteiger partial charge is 0.340 e. The van der Waals surface area contributed by atoms with Crippen LogP contribution in [0.25, 0.3) is 0 Å². The number of fused-ring (bicyclic) bond motifs is 1. The topological polar surface area (TPSA) is 395 Å². The molecule has 9 aromatic rings. The standard InChI is InChI=1S/C38H36O9.C31H29NO7.C22H24O7.C12H20O6/c1-23-6-14-27(15-7-23)33(39)43-22-31-32(45-34(40)28-16-8-24(2)9-17-28)38(5,47-36(42)30-20-12-26(4)13-21-30)37(44-31)46-35(41)29-18-10-25(3)11-19-29;1-19-5-11-22(12-6-19)28(33)36-18-25-27(38-29(34)23-13-7-20(2)8-14-23)31(4,26(17-32)37-25)39-30(35)24-15-9-21(3)10-16-24;1-13-4-8-15(9-5-13)19(23)27-12-17-18(22(3,26)21(25)28-17)29-20(24)16-10-6-14(2)7-11-16;1-11(2)14-5-6(16-11)8-7(13)9-10(15-8)18-12(3,4)17-9/h6-21,31-32,37H,22H2,1-5H3;5-16,25-27H,18H2,1-4H3;4-11,17-18,21,25-26H,12H2,1-3H3;6-10,13H,5H2,1-4H3/t31?,32-,37?,38-;25?,26-,27+,31-;17?,18-,21?,22-;6-,7-,8?,9+,10?/m1010/s1. The molecule has 17 atom stereocenters. The van der Waals surface area contributed by atoms with Crippen molar-refractivity contribution in [3.8, 4) is 6.07 Å². The molecule has 0 bridgehead atoms. The van der Waals surface area contributed by atoms with Crippen LogP contribution >= 0.6 is 0 Å². The van der Waals surface area contributed by atoms with Crippen LogP contribution in [-0.2, 0) is 80.5 Å². The molecule has 6 saturated heterocycles. The summed E-state index contributed by atoms with van der Waals surface area (Å²) >= 11 is 0. The molecular formula is C103H109NO29. The summed E-state index contributed by atoms with van der Waals surface area (Å²) < 4.78 is 96.6. The number of esters is 9. The number of carbonyl (C=O) groups excluding carboxylic acids is 9. The first-order chi connectivity index (χ1) is 63.0. The summed E-state index contributed by atoms with van der Waals surface area (Å²) in [6.45, 7) is 27.9. The van der Waals surface area contributed by atoms with Crippen molar-refractivity contribution < 1.29 is 139 Å². The molecule has 0 amide bonds. The third-order valence-corrected chi connectivity index (χ3v) is 22.9. The van der Waals surface area contributed by atoms with Crippen molar-refractivity contribution in [3.05, 3.63) is 319 Å². The van der Waals surface area contributed by atoms with Gasteiger partial charge in [-0.3, -0.25) is 0 Å². The molecule has 133 heavy (non-hydrogen) atoms. The Kier molecular flexibility index (Phi) is 31.7. The molecule has 0 saturated carbocycles. The van der Waals surface area contributed by atoms with Crippen molar-refractivity contribution in [2.24, 2.45) is 0 Å². The molecule has 0 aromatic heterocycles. The first-order valence-corrected chi connectivity index (χ1v) is 43.2. The van der Waals surface area contributed by atoms with Crippen LogP contribution < -0.4 is 0 Å². The molecule has 0 spiro atoms. The lowest BCUT2D eigenvalue weighted by Crippen LogP contribution is -2.53. The molecule has 6 fully saturated rings. The van der Waals surface area contributed by atoms with E-state index in [1.165, 1.54) is 20.8 Å². The number of benzene rings is 9. The summed E-state index contributed by atoms with van der Waals surface area (Å²) in [5.74, 6) is -7.53. The maximum Gasteiger partial charge on any atom is 0.340 e. The van der Waals surface area contributed by atoms with Gasteiger partial charge in [0.05, 0.1) is 62.7 Å². The average Bonchev–Trinajstić information content (AvgIpc) is 1.62. The predicted octanol–water partition coefficient (Wildman–Crippen LogP) is 13.9. The second kappa shape index (κ2) is 42.4. The lowest BCUT2D eigenvalue weighted by Gasteiger charge is -2.33. The number of nitriles is 1. The van der Waals surface area contributed by atoms with Gasteiger partial charge in [0.2, 0.25) is 11.9 Å². The van der Waals surface area contributed by atoms with Gasteiger partial charge in [-0.25, -0.2) is 43.2 Å². The summed E-state index contributed by atoms with van der Waals surface area (Å²) in [6.07, 6.45) is -14.1. The Morgan fingerprint density at radius 1 is 0.338 bits per heavy atom. The van der Waals surface area contributed by atoms with Gasteiger partial charge in [0.15, 0.2) is 59.8 Å². The van der Waals surface area contributed by atoms with Gasteiger partial charge < -0.3 is 95.8 Å². The van der Waals surface area contributed by atoms with Crippen LogP contribution in [0.5, 0.6) is 0 Å². The zero-order valence-corrected chi connectivity index (χ0v) is 76.6. The number of aryl methyl sites for hydroxylation is 9. The van der Waals surface area contributed by atoms with Crippen molar-refractivity contribution in [3.63, 3.8) is 0 Å². The van der Waals surface area contributed by atoms with Gasteiger partial charge in [-0.15, -0.1) is 0 Å². The summed E-state index contributed by atoms with van der Waals surface area (Å²) in [6, 6.07) is 62.7. The molecule has 9 aromatic carbocycles. The third-order valence-electron chi connectivity index (χ3n) is 22.9. The van der Waals surface area contributed by atoms with Crippen LogP contribution in [0.3, 0.4) is 0 Å². The largest absolute Gasteiger partial charge is 0.459 e. The molecule has 3 N–H and O–H groups in total. The molecule has 30 nitrogen and oxygen atoms in total. The fraction of sp³-hybridized carbons (Fsp3) is 0.379. The van der Waals surface area contributed by atoms with E-state index in [0.29, 0.717) is 28.9 Å². The Morgan fingerprint density at radius 3 is 0.940 bits per heavy atom. The Labute approximate surface area is 770 Å². The minimum absolute atomic E-state index is 0.221. The normalized spacial score (nSPS) is 26.0. The van der Waals surface area contributed by atoms with Crippen molar-refractivity contribution in [1.82, 2.24) is 0 Å². The summed E-state index contributed by atoms with van der Waals surface area (Å²) in [5, 5.41) is 40.7. The van der Waals surface area contributed by atoms with E-state index in [0.717, 1.165) is 50.1 Å². The average molecular weight is 1820 g/mol. The van der Waals surface area contributed by atoms with E-state index in [2.05, 4.69) is 0 Å². The monoisotopic (exact) mass is 1820 g/mol. The van der Waals surface area contributed by atoms with E-state index in [-0.39, 0.29) is 47.1 Å². The number of ether oxygens (including phenoxy) is 17. The number of hydrogen-bond acceptors (Lipinski definition) is 30. The lowest BCUT2D eigenvalue weighted by atomic mass is 9.92. The van der Waals surface area contributed by atoms with Crippen LogP contribution in [0.2, 0.25) is 0 Å². The van der Waals surface area contributed by atoms with Gasteiger partial charge in [-0.1, -0.05) is 159 Å². The van der Waals surface area contributed by atoms with Crippen LogP contribution in [-0.4, -0.2) is 210 Å². The summed E-state index contributed by atoms with van der Waals surface area (Å²) in [7, 11) is 0. The molecule has 6 aliphatic rings. The molecule has 7 unspecified atom stereocenters. The van der Waals surface area contributed by atoms with Crippen LogP contribution in [0, 0.1) is 73.6 Å². The number of rotatable bonds is 22. The molecule has 6 heterocycles. The molecule has 30 heteroatoms. The third kappa shape index (κ3) is 24.8. The molecule has 0 radical (unpaired) electrons. The van der Waals surface area contributed by atoms with Gasteiger partial charge in [0.25, 0.3) is 0 Å². The quantitative estimate of drug-likeness (QED) is 0.0419. The highest BCUT2D eigenvalue weighted by molar-refractivity contribution is 5.94. The van der Waals surface area contributed by atoms with E-state index < -0.39 is 169 Å². The van der Waals surface area contributed by atoms with Gasteiger partial charge in [-0.05, 0) is 220 Å². The van der Waals surface area contributed by atoms with Crippen LogP contribution in [0.15, 0.2) is 218 Å². The van der Waals surface area contributed by atoms with E-state index >= 15 is 0 Å². The molecule has 6 aliphatic heterocycles. The first kappa shape index (κ1) is 99.3. The summed E-state index contributed by atoms with van der Waals surface area (Å²) in [5.41, 5.74) is 5.72. The summed E-state index contributed by atoms with van der Waals surface area (Å²) in [4.78, 5) is 117. The van der Waals surface area contributed by atoms with Crippen molar-refractivity contribution in [2.75, 3.05) is 26.4 Å². The van der Waals surface area contributed by atoms with Gasteiger partial charge in [-0.2, -0.15) is 5.26 Å². The van der Waals surface area contributed by atoms with E-state index in [1.54, 1.807) is 232 Å². The first-order valence-electron chi connectivity index (χ1n) is 43.2. The second-order valence-electron chi connectivity index (χ2n) is 35.0. The van der Waals surface area contributed by atoms with Crippen LogP contribution in [0.4, 0.5) is 0 Å². The van der Waals surface area contributed by atoms with E-state index in [1.807, 2.05) is 82.2 Å². The number of aliphatic hydroxyl groups excluding tert-OH is 2. The fourth-order valence-corrected chi connectivity index (χ4v) is 15.0. The Morgan fingerprint density at radius 2 is 0.624 bits per heavy atom. The van der Waals surface area contributed by atoms with E-state index in [9.17, 15) is 63.7 Å². The van der Waals surface area contributed by atoms with Crippen molar-refractivity contribution >= 4 is 53.7 Å². The minimum Gasteiger partial charge on any atom is -0.459 e. The lowest BCUT2D eigenvalue weighted by molar-refractivity contribution is -0.232. The number of hydrogen-bond donors (Lipinski definition) is 3. The predicted molar refractivity (Wildman–Crippen MR) is 476 cm³/mol. The van der Waals surface area contributed by atoms with Gasteiger partial charge in [0.1, 0.15) is 62.5 Å². The minimum atomic E-state index is -1.87. The Balaban J connectivity index is 0.000000167. The number of nitrogens with zero attached hydrogens (tertiary/aromatic N) is 1. The second-order valence-corrected chi connectivity index (χ2v) is 35.0. The molecular weight excluding hydrogens is 1720 g/mol. The zero-order valence-electron chi connectivity index (χ0n) is 76.6. The maximum absolute atomic E-state index is 13.5. The van der Waals surface area contributed by atoms with Gasteiger partial charge >= 0.3 is 53.7 Å². The SMILES string of the molecule is CC1(C)OC[C@@H](C2OC3OC(C)(C)O[C@@H]3[C@H]2O)O1.Cc1ccc(C(=O)OCC2OC(O)[C@](C)(O)[C@@H]2OC(=O)c2ccc(C)cc2)cc1.Cc1ccc(C(=O)OCC2OC(OC(=O)c3ccc(C)cc3)[C@](C)(OC(=O)c3ccc(C)cc3)[C@@H]2OC(=O)c2ccc(C)cc2)cc1.Cc1ccc(C(=O)OCC2O[C@@H](C#N)[C@](C)(OC(=O)c3ccc(C)cc3)[C@@H]2OC(=O)c2ccc(C)cc2)cc1. The molecule has 0 aliphatic carbocycles. The highest BCUT2D eigenvalue weighted by atomic mass is 16.8. The van der Waals surface area contributed by atoms with Crippen LogP contribution in [0.1, 0.15) is 192 Å². The Hall–Kier alpha value is -12.7. The van der Waals surface area contributed by atoms with E-state index in [4.69, 9.17) is 80.5 Å². The number of aliphatic hydroxyl groups is 3. The van der Waals surface area contributed by atoms with Gasteiger partial charge in [0, 0.05) is 0 Å². The Bertz CT molecular complexity index is 5640. The number of carbonyl (C=O) groups is 9. The van der Waals surface area contributed by atoms with Crippen molar-refractivity contribution in [2.45, 2.75) is 225 Å². The van der Waals surface area contributed by atoms with Crippen molar-refractivity contribution in [1.29, 1.82) is 5.26 Å². The fourth-order valence-electron chi connectivity index (χ4n) is 15.0.